The summed E-state index contributed by atoms with van der Waals surface area (Å²) in [6.07, 6.45) is -3.40. The van der Waals surface area contributed by atoms with Crippen molar-refractivity contribution >= 4 is 29.0 Å². The summed E-state index contributed by atoms with van der Waals surface area (Å²) in [5.41, 5.74) is 0.552. The summed E-state index contributed by atoms with van der Waals surface area (Å²) < 4.78 is 39.9. The summed E-state index contributed by atoms with van der Waals surface area (Å²) in [6.45, 7) is 0.122. The van der Waals surface area contributed by atoms with E-state index in [0.717, 1.165) is 10.9 Å². The van der Waals surface area contributed by atoms with E-state index in [1.54, 1.807) is 24.3 Å². The second-order valence-corrected chi connectivity index (χ2v) is 5.52. The Hall–Kier alpha value is -2.22. The Bertz CT molecular complexity index is 727. The van der Waals surface area contributed by atoms with E-state index in [4.69, 9.17) is 11.6 Å². The van der Waals surface area contributed by atoms with Gasteiger partial charge in [0.25, 0.3) is 5.91 Å². The number of anilines is 2. The van der Waals surface area contributed by atoms with Gasteiger partial charge < -0.3 is 10.6 Å². The molecule has 1 aliphatic rings. The van der Waals surface area contributed by atoms with Crippen molar-refractivity contribution in [3.63, 3.8) is 0 Å². The topological polar surface area (TPSA) is 59.0 Å². The number of benzene rings is 1. The van der Waals surface area contributed by atoms with Gasteiger partial charge in [0.1, 0.15) is 11.4 Å². The van der Waals surface area contributed by atoms with Gasteiger partial charge in [0.2, 0.25) is 0 Å². The Morgan fingerprint density at radius 3 is 2.70 bits per heavy atom. The molecule has 0 aliphatic carbocycles. The predicted molar refractivity (Wildman–Crippen MR) is 79.8 cm³/mol. The van der Waals surface area contributed by atoms with E-state index in [-0.39, 0.29) is 24.3 Å². The summed E-state index contributed by atoms with van der Waals surface area (Å²) in [5, 5.41) is 9.66. The molecule has 0 spiro atoms. The van der Waals surface area contributed by atoms with Crippen LogP contribution in [0.5, 0.6) is 0 Å². The van der Waals surface area contributed by atoms with E-state index < -0.39 is 18.1 Å². The van der Waals surface area contributed by atoms with Crippen molar-refractivity contribution in [3.8, 4) is 0 Å². The molecule has 0 bridgehead atoms. The van der Waals surface area contributed by atoms with Gasteiger partial charge in [0, 0.05) is 17.3 Å². The molecule has 23 heavy (non-hydrogen) atoms. The van der Waals surface area contributed by atoms with E-state index in [1.807, 2.05) is 0 Å². The minimum absolute atomic E-state index is 0.0638. The van der Waals surface area contributed by atoms with Crippen LogP contribution < -0.4 is 10.6 Å². The summed E-state index contributed by atoms with van der Waals surface area (Å²) in [4.78, 5) is 12.3. The molecule has 1 atom stereocenters. The zero-order chi connectivity index (χ0) is 16.6. The number of aromatic nitrogens is 2. The zero-order valence-electron chi connectivity index (χ0n) is 11.7. The maximum Gasteiger partial charge on any atom is 0.410 e. The Morgan fingerprint density at radius 1 is 1.35 bits per heavy atom. The lowest BCUT2D eigenvalue weighted by atomic mass is 10.1. The molecular formula is C14H12ClF3N4O. The van der Waals surface area contributed by atoms with Crippen LogP contribution in [0.2, 0.25) is 5.02 Å². The molecule has 0 fully saturated rings. The van der Waals surface area contributed by atoms with Crippen molar-refractivity contribution in [2.75, 3.05) is 17.2 Å². The van der Waals surface area contributed by atoms with Crippen molar-refractivity contribution in [2.24, 2.45) is 0 Å². The number of halogens is 4. The molecule has 2 aromatic rings. The average molecular weight is 345 g/mol. The van der Waals surface area contributed by atoms with Crippen LogP contribution in [0.1, 0.15) is 22.8 Å². The lowest BCUT2D eigenvalue weighted by Crippen LogP contribution is -2.34. The summed E-state index contributed by atoms with van der Waals surface area (Å²) in [6, 6.07) is 4.67. The number of rotatable bonds is 2. The first kappa shape index (κ1) is 15.7. The number of fused-ring (bicyclic) bond motifs is 1. The Balaban J connectivity index is 1.85. The SMILES string of the molecule is O=C(Nc1ccc(Cl)cc1)c1cnn2c1NCC[C@H]2C(F)(F)F. The lowest BCUT2D eigenvalue weighted by molar-refractivity contribution is -0.171. The molecular weight excluding hydrogens is 333 g/mol. The number of hydrogen-bond donors (Lipinski definition) is 2. The fraction of sp³-hybridized carbons (Fsp3) is 0.286. The lowest BCUT2D eigenvalue weighted by Gasteiger charge is -2.27. The molecule has 1 aromatic heterocycles. The van der Waals surface area contributed by atoms with Crippen molar-refractivity contribution in [1.82, 2.24) is 9.78 Å². The standard InChI is InChI=1S/C14H12ClF3N4O/c15-8-1-3-9(4-2-8)21-13(23)10-7-20-22-11(14(16,17)18)5-6-19-12(10)22/h1-4,7,11,19H,5-6H2,(H,21,23)/t11-/m0/s1. The summed E-state index contributed by atoms with van der Waals surface area (Å²) in [5.74, 6) is -0.464. The molecule has 0 radical (unpaired) electrons. The van der Waals surface area contributed by atoms with Crippen LogP contribution in [0.4, 0.5) is 24.7 Å². The van der Waals surface area contributed by atoms with Crippen molar-refractivity contribution < 1.29 is 18.0 Å². The highest BCUT2D eigenvalue weighted by atomic mass is 35.5. The van der Waals surface area contributed by atoms with Crippen LogP contribution in [0.3, 0.4) is 0 Å². The Labute approximate surface area is 134 Å². The van der Waals surface area contributed by atoms with Gasteiger partial charge in [-0.3, -0.25) is 4.79 Å². The third-order valence-corrected chi connectivity index (χ3v) is 3.78. The predicted octanol–water partition coefficient (Wildman–Crippen LogP) is 3.71. The van der Waals surface area contributed by atoms with E-state index in [9.17, 15) is 18.0 Å². The number of hydrogen-bond acceptors (Lipinski definition) is 3. The highest BCUT2D eigenvalue weighted by Gasteiger charge is 2.44. The second kappa shape index (κ2) is 5.77. The van der Waals surface area contributed by atoms with Crippen molar-refractivity contribution in [1.29, 1.82) is 0 Å². The number of carbonyl (C=O) groups excluding carboxylic acids is 1. The first-order chi connectivity index (χ1) is 10.9. The monoisotopic (exact) mass is 344 g/mol. The minimum atomic E-state index is -4.41. The molecule has 1 amide bonds. The fourth-order valence-electron chi connectivity index (χ4n) is 2.42. The van der Waals surface area contributed by atoms with Gasteiger partial charge in [-0.05, 0) is 30.7 Å². The Kier molecular flexibility index (Phi) is 3.93. The average Bonchev–Trinajstić information content (AvgIpc) is 2.92. The smallest absolute Gasteiger partial charge is 0.370 e. The van der Waals surface area contributed by atoms with Gasteiger partial charge in [-0.2, -0.15) is 18.3 Å². The fourth-order valence-corrected chi connectivity index (χ4v) is 2.55. The van der Waals surface area contributed by atoms with E-state index in [1.165, 1.54) is 0 Å². The molecule has 2 N–H and O–H groups in total. The second-order valence-electron chi connectivity index (χ2n) is 5.09. The van der Waals surface area contributed by atoms with Gasteiger partial charge in [-0.25, -0.2) is 4.68 Å². The molecule has 9 heteroatoms. The van der Waals surface area contributed by atoms with Crippen LogP contribution in [-0.2, 0) is 0 Å². The molecule has 0 saturated heterocycles. The third-order valence-electron chi connectivity index (χ3n) is 3.53. The van der Waals surface area contributed by atoms with Gasteiger partial charge >= 0.3 is 6.18 Å². The molecule has 1 aliphatic heterocycles. The van der Waals surface area contributed by atoms with Crippen molar-refractivity contribution in [3.05, 3.63) is 41.0 Å². The van der Waals surface area contributed by atoms with Crippen LogP contribution in [0.15, 0.2) is 30.5 Å². The van der Waals surface area contributed by atoms with Gasteiger partial charge in [0.05, 0.1) is 6.20 Å². The largest absolute Gasteiger partial charge is 0.410 e. The summed E-state index contributed by atoms with van der Waals surface area (Å²) in [7, 11) is 0. The molecule has 2 heterocycles. The van der Waals surface area contributed by atoms with Gasteiger partial charge in [-0.1, -0.05) is 11.6 Å². The molecule has 3 rings (SSSR count). The summed E-state index contributed by atoms with van der Waals surface area (Å²) >= 11 is 5.76. The number of alkyl halides is 3. The van der Waals surface area contributed by atoms with Crippen LogP contribution in [0.25, 0.3) is 0 Å². The van der Waals surface area contributed by atoms with Crippen LogP contribution in [-0.4, -0.2) is 28.4 Å². The molecule has 1 aromatic carbocycles. The van der Waals surface area contributed by atoms with Gasteiger partial charge in [0.15, 0.2) is 6.04 Å². The molecule has 122 valence electrons. The number of nitrogens with zero attached hydrogens (tertiary/aromatic N) is 2. The first-order valence-electron chi connectivity index (χ1n) is 6.81. The Morgan fingerprint density at radius 2 is 2.04 bits per heavy atom. The normalized spacial score (nSPS) is 17.3. The molecule has 0 unspecified atom stereocenters. The maximum absolute atomic E-state index is 13.0. The molecule has 0 saturated carbocycles. The van der Waals surface area contributed by atoms with E-state index in [2.05, 4.69) is 15.7 Å². The number of nitrogens with one attached hydrogen (secondary N) is 2. The maximum atomic E-state index is 13.0. The van der Waals surface area contributed by atoms with E-state index >= 15 is 0 Å². The highest BCUT2D eigenvalue weighted by Crippen LogP contribution is 2.38. The number of amides is 1. The van der Waals surface area contributed by atoms with Gasteiger partial charge in [-0.15, -0.1) is 0 Å². The minimum Gasteiger partial charge on any atom is -0.370 e. The molecule has 5 nitrogen and oxygen atoms in total. The quantitative estimate of drug-likeness (QED) is 0.873. The third kappa shape index (κ3) is 3.12. The van der Waals surface area contributed by atoms with Crippen LogP contribution in [0, 0.1) is 0 Å². The first-order valence-corrected chi connectivity index (χ1v) is 7.19. The zero-order valence-corrected chi connectivity index (χ0v) is 12.4. The van der Waals surface area contributed by atoms with E-state index in [0.29, 0.717) is 10.7 Å². The van der Waals surface area contributed by atoms with Crippen molar-refractivity contribution in [2.45, 2.75) is 18.6 Å². The van der Waals surface area contributed by atoms with Crippen LogP contribution >= 0.6 is 11.6 Å². The highest BCUT2D eigenvalue weighted by molar-refractivity contribution is 6.30. The number of carbonyl (C=O) groups is 1.